The summed E-state index contributed by atoms with van der Waals surface area (Å²) in [5.74, 6) is 1.17. The number of imidazole rings is 1. The van der Waals surface area contributed by atoms with E-state index in [4.69, 9.17) is 16.6 Å². The lowest BCUT2D eigenvalue weighted by atomic mass is 9.82. The third-order valence-electron chi connectivity index (χ3n) is 5.58. The summed E-state index contributed by atoms with van der Waals surface area (Å²) in [7, 11) is 0. The number of aromatic nitrogens is 3. The smallest absolute Gasteiger partial charge is 0.162 e. The third kappa shape index (κ3) is 2.69. The molecule has 3 aromatic rings. The van der Waals surface area contributed by atoms with Gasteiger partial charge in [0, 0.05) is 24.2 Å². The predicted molar refractivity (Wildman–Crippen MR) is 99.2 cm³/mol. The zero-order valence-corrected chi connectivity index (χ0v) is 14.9. The summed E-state index contributed by atoms with van der Waals surface area (Å²) in [6.45, 7) is 0.980. The van der Waals surface area contributed by atoms with Crippen LogP contribution in [0, 0.1) is 11.7 Å². The summed E-state index contributed by atoms with van der Waals surface area (Å²) >= 11 is 6.17. The lowest BCUT2D eigenvalue weighted by Crippen LogP contribution is -2.36. The lowest BCUT2D eigenvalue weighted by Gasteiger charge is -2.32. The highest BCUT2D eigenvalue weighted by atomic mass is 35.5. The summed E-state index contributed by atoms with van der Waals surface area (Å²) in [5.41, 5.74) is 9.16. The Morgan fingerprint density at radius 3 is 2.77 bits per heavy atom. The highest BCUT2D eigenvalue weighted by Crippen LogP contribution is 2.38. The largest absolute Gasteiger partial charge is 0.306 e. The van der Waals surface area contributed by atoms with Crippen LogP contribution in [-0.4, -0.2) is 27.1 Å². The van der Waals surface area contributed by atoms with Crippen LogP contribution >= 0.6 is 11.6 Å². The molecule has 2 aliphatic rings. The molecular weight excluding hydrogens is 353 g/mol. The number of fused-ring (bicyclic) bond motifs is 2. The maximum atomic E-state index is 13.4. The van der Waals surface area contributed by atoms with E-state index >= 15 is 0 Å². The normalized spacial score (nSPS) is 25.5. The Hall–Kier alpha value is -2.02. The van der Waals surface area contributed by atoms with Gasteiger partial charge in [0.05, 0.1) is 0 Å². The number of hydrogen-bond donors (Lipinski definition) is 2. The Morgan fingerprint density at radius 1 is 1.08 bits per heavy atom. The summed E-state index contributed by atoms with van der Waals surface area (Å²) in [6.07, 6.45) is 3.20. The van der Waals surface area contributed by atoms with E-state index in [1.54, 1.807) is 18.2 Å². The lowest BCUT2D eigenvalue weighted by molar-refractivity contribution is 0.257. The van der Waals surface area contributed by atoms with E-state index in [0.717, 1.165) is 48.4 Å². The van der Waals surface area contributed by atoms with E-state index in [9.17, 15) is 4.39 Å². The minimum atomic E-state index is -0.249. The first-order chi connectivity index (χ1) is 12.7. The molecule has 1 aliphatic heterocycles. The summed E-state index contributed by atoms with van der Waals surface area (Å²) in [4.78, 5) is 9.36. The summed E-state index contributed by atoms with van der Waals surface area (Å²) < 4.78 is 15.6. The van der Waals surface area contributed by atoms with Crippen molar-refractivity contribution in [2.45, 2.75) is 31.3 Å². The van der Waals surface area contributed by atoms with Crippen molar-refractivity contribution in [3.63, 3.8) is 0 Å². The highest BCUT2D eigenvalue weighted by Gasteiger charge is 2.36. The molecule has 0 amide bonds. The van der Waals surface area contributed by atoms with Crippen LogP contribution < -0.4 is 10.9 Å². The molecule has 5 rings (SSSR count). The zero-order valence-electron chi connectivity index (χ0n) is 14.1. The number of nitrogens with zero attached hydrogens (tertiary/aromatic N) is 3. The number of hydrogen-bond acceptors (Lipinski definition) is 4. The second-order valence-electron chi connectivity index (χ2n) is 7.15. The maximum absolute atomic E-state index is 13.4. The van der Waals surface area contributed by atoms with Crippen molar-refractivity contribution in [3.05, 3.63) is 47.4 Å². The van der Waals surface area contributed by atoms with Gasteiger partial charge >= 0.3 is 0 Å². The van der Waals surface area contributed by atoms with Gasteiger partial charge in [0.1, 0.15) is 22.3 Å². The van der Waals surface area contributed by atoms with E-state index in [2.05, 4.69) is 20.4 Å². The van der Waals surface area contributed by atoms with Crippen LogP contribution in [0.1, 0.15) is 25.3 Å². The monoisotopic (exact) mass is 371 g/mol. The van der Waals surface area contributed by atoms with Crippen molar-refractivity contribution in [2.24, 2.45) is 5.92 Å². The average molecular weight is 372 g/mol. The molecule has 3 atom stereocenters. The molecule has 0 bridgehead atoms. The number of hydrazine groups is 1. The Balaban J connectivity index is 1.65. The van der Waals surface area contributed by atoms with Gasteiger partial charge in [-0.3, -0.25) is 10.9 Å². The molecule has 3 unspecified atom stereocenters. The van der Waals surface area contributed by atoms with E-state index in [1.807, 2.05) is 6.07 Å². The molecule has 1 saturated heterocycles. The third-order valence-corrected chi connectivity index (χ3v) is 5.79. The SMILES string of the molecule is Fc1ccc(-c2nc3ccc(Cl)nc3n2C2CCC3NNCC3C2)cc1. The van der Waals surface area contributed by atoms with Gasteiger partial charge in [-0.25, -0.2) is 14.4 Å². The minimum absolute atomic E-state index is 0.249. The topological polar surface area (TPSA) is 54.8 Å². The Bertz CT molecular complexity index is 954. The number of pyridine rings is 1. The predicted octanol–water partition coefficient (Wildman–Crippen LogP) is 3.71. The molecule has 1 saturated carbocycles. The summed E-state index contributed by atoms with van der Waals surface area (Å²) in [5, 5.41) is 0.460. The van der Waals surface area contributed by atoms with Crippen LogP contribution in [0.25, 0.3) is 22.6 Å². The van der Waals surface area contributed by atoms with Crippen molar-refractivity contribution in [3.8, 4) is 11.4 Å². The standard InChI is InChI=1S/C19H19ClFN5/c20-17-8-7-16-19(24-17)26(14-5-6-15-12(9-14)10-22-25-15)18(23-16)11-1-3-13(21)4-2-11/h1-4,7-8,12,14-15,22,25H,5-6,9-10H2. The van der Waals surface area contributed by atoms with Crippen molar-refractivity contribution in [1.29, 1.82) is 0 Å². The molecule has 7 heteroatoms. The Labute approximate surface area is 155 Å². The van der Waals surface area contributed by atoms with Gasteiger partial charge < -0.3 is 4.57 Å². The second kappa shape index (κ2) is 6.30. The van der Waals surface area contributed by atoms with Gasteiger partial charge in [0.25, 0.3) is 0 Å². The van der Waals surface area contributed by atoms with Crippen molar-refractivity contribution >= 4 is 22.8 Å². The van der Waals surface area contributed by atoms with Crippen molar-refractivity contribution in [1.82, 2.24) is 25.4 Å². The molecule has 2 fully saturated rings. The van der Waals surface area contributed by atoms with Crippen molar-refractivity contribution in [2.75, 3.05) is 6.54 Å². The van der Waals surface area contributed by atoms with Gasteiger partial charge in [0.15, 0.2) is 5.65 Å². The highest BCUT2D eigenvalue weighted by molar-refractivity contribution is 6.29. The van der Waals surface area contributed by atoms with Gasteiger partial charge in [-0.05, 0) is 61.6 Å². The first-order valence-electron chi connectivity index (χ1n) is 8.98. The number of nitrogens with one attached hydrogen (secondary N) is 2. The minimum Gasteiger partial charge on any atom is -0.306 e. The molecule has 0 radical (unpaired) electrons. The fraction of sp³-hybridized carbons (Fsp3) is 0.368. The van der Waals surface area contributed by atoms with E-state index in [0.29, 0.717) is 23.2 Å². The van der Waals surface area contributed by atoms with Gasteiger partial charge in [-0.15, -0.1) is 0 Å². The number of rotatable bonds is 2. The fourth-order valence-corrected chi connectivity index (χ4v) is 4.45. The van der Waals surface area contributed by atoms with Crippen LogP contribution in [0.5, 0.6) is 0 Å². The van der Waals surface area contributed by atoms with Gasteiger partial charge in [-0.1, -0.05) is 11.6 Å². The molecule has 26 heavy (non-hydrogen) atoms. The van der Waals surface area contributed by atoms with Crippen molar-refractivity contribution < 1.29 is 4.39 Å². The quantitative estimate of drug-likeness (QED) is 0.674. The van der Waals surface area contributed by atoms with Crippen LogP contribution in [-0.2, 0) is 0 Å². The van der Waals surface area contributed by atoms with Crippen LogP contribution in [0.4, 0.5) is 4.39 Å². The summed E-state index contributed by atoms with van der Waals surface area (Å²) in [6, 6.07) is 11.0. The Morgan fingerprint density at radius 2 is 1.92 bits per heavy atom. The Kier molecular flexibility index (Phi) is 3.92. The molecule has 0 spiro atoms. The number of halogens is 2. The zero-order chi connectivity index (χ0) is 17.7. The molecule has 1 aliphatic carbocycles. The maximum Gasteiger partial charge on any atom is 0.162 e. The molecular formula is C19H19ClFN5. The van der Waals surface area contributed by atoms with Crippen LogP contribution in [0.15, 0.2) is 36.4 Å². The van der Waals surface area contributed by atoms with E-state index in [1.165, 1.54) is 12.1 Å². The first-order valence-corrected chi connectivity index (χ1v) is 9.35. The van der Waals surface area contributed by atoms with E-state index < -0.39 is 0 Å². The molecule has 3 heterocycles. The molecule has 2 N–H and O–H groups in total. The molecule has 134 valence electrons. The fourth-order valence-electron chi connectivity index (χ4n) is 4.31. The van der Waals surface area contributed by atoms with E-state index in [-0.39, 0.29) is 5.82 Å². The average Bonchev–Trinajstić information content (AvgIpc) is 3.25. The van der Waals surface area contributed by atoms with Gasteiger partial charge in [-0.2, -0.15) is 0 Å². The molecule has 1 aromatic carbocycles. The molecule has 5 nitrogen and oxygen atoms in total. The van der Waals surface area contributed by atoms with Crippen LogP contribution in [0.2, 0.25) is 5.15 Å². The first kappa shape index (κ1) is 16.2. The van der Waals surface area contributed by atoms with Gasteiger partial charge in [0.2, 0.25) is 0 Å². The number of benzene rings is 1. The molecule has 2 aromatic heterocycles. The second-order valence-corrected chi connectivity index (χ2v) is 7.53. The van der Waals surface area contributed by atoms with Crippen LogP contribution in [0.3, 0.4) is 0 Å².